The normalized spacial score (nSPS) is 19.6. The Kier molecular flexibility index (Phi) is 6.56. The van der Waals surface area contributed by atoms with Crippen LogP contribution in [0.15, 0.2) is 64.9 Å². The fraction of sp³-hybridized carbons (Fsp3) is 0.250. The third-order valence-electron chi connectivity index (χ3n) is 5.84. The molecule has 0 aliphatic heterocycles. The number of thiophene rings is 1. The van der Waals surface area contributed by atoms with Gasteiger partial charge in [0.2, 0.25) is 5.91 Å². The Morgan fingerprint density at radius 3 is 2.50 bits per heavy atom. The van der Waals surface area contributed by atoms with Crippen LogP contribution in [0, 0.1) is 0 Å². The zero-order valence-corrected chi connectivity index (χ0v) is 20.9. The van der Waals surface area contributed by atoms with Crippen LogP contribution in [0.5, 0.6) is 0 Å². The number of nitrogens with zero attached hydrogens (tertiary/aromatic N) is 1. The number of carbonyl (C=O) groups is 2. The van der Waals surface area contributed by atoms with Gasteiger partial charge in [-0.15, -0.1) is 11.3 Å². The Balaban J connectivity index is 1.56. The molecule has 1 saturated carbocycles. The summed E-state index contributed by atoms with van der Waals surface area (Å²) >= 11 is 6.98. The summed E-state index contributed by atoms with van der Waals surface area (Å²) in [5, 5.41) is 10.5. The number of likely N-dealkylation sites (N-methyl/N-ethyl adjacent to an activating group) is 1. The molecule has 2 N–H and O–H groups in total. The lowest BCUT2D eigenvalue weighted by Crippen LogP contribution is -2.44. The zero-order chi connectivity index (χ0) is 24.7. The second-order valence-corrected chi connectivity index (χ2v) is 11.9. The smallest absolute Gasteiger partial charge is 0.325 e. The van der Waals surface area contributed by atoms with E-state index in [4.69, 9.17) is 11.6 Å². The van der Waals surface area contributed by atoms with Gasteiger partial charge in [-0.3, -0.25) is 9.59 Å². The lowest BCUT2D eigenvalue weighted by Gasteiger charge is -2.15. The topological polar surface area (TPSA) is 104 Å². The maximum atomic E-state index is 13.1. The maximum Gasteiger partial charge on any atom is 0.325 e. The third kappa shape index (κ3) is 4.88. The Labute approximate surface area is 207 Å². The molecule has 4 rings (SSSR count). The summed E-state index contributed by atoms with van der Waals surface area (Å²) in [7, 11) is -0.742. The summed E-state index contributed by atoms with van der Waals surface area (Å²) in [5.41, 5.74) is 0.614. The summed E-state index contributed by atoms with van der Waals surface area (Å²) in [6.45, 7) is 0. The number of halogens is 1. The molecule has 10 heteroatoms. The van der Waals surface area contributed by atoms with Crippen molar-refractivity contribution in [1.82, 2.24) is 9.62 Å². The van der Waals surface area contributed by atoms with Crippen LogP contribution in [0.3, 0.4) is 0 Å². The minimum Gasteiger partial charge on any atom is -0.480 e. The molecular weight excluding hydrogens is 496 g/mol. The monoisotopic (exact) mass is 518 g/mol. The van der Waals surface area contributed by atoms with Crippen molar-refractivity contribution in [3.63, 3.8) is 0 Å². The number of benzene rings is 2. The van der Waals surface area contributed by atoms with Crippen molar-refractivity contribution in [2.24, 2.45) is 0 Å². The number of aliphatic carboxylic acids is 1. The van der Waals surface area contributed by atoms with Crippen LogP contribution in [0.4, 0.5) is 0 Å². The fourth-order valence-electron chi connectivity index (χ4n) is 3.83. The molecule has 1 aliphatic carbocycles. The van der Waals surface area contributed by atoms with Crippen LogP contribution in [0.1, 0.15) is 23.5 Å². The molecule has 0 saturated heterocycles. The SMILES string of the molecule is CN(C)C(=O)Cc1cccc([C@@H]2C[C@]2(NS(=O)(=O)c2ccc(-c3ccc(Cl)cc3)s2)C(=O)O)c1. The fourth-order valence-corrected chi connectivity index (χ4v) is 6.68. The molecule has 1 amide bonds. The number of amides is 1. The largest absolute Gasteiger partial charge is 0.480 e. The molecule has 7 nitrogen and oxygen atoms in total. The molecule has 1 fully saturated rings. The summed E-state index contributed by atoms with van der Waals surface area (Å²) < 4.78 is 28.7. The molecule has 3 aromatic rings. The quantitative estimate of drug-likeness (QED) is 0.469. The highest BCUT2D eigenvalue weighted by Gasteiger charge is 2.63. The van der Waals surface area contributed by atoms with E-state index in [-0.39, 0.29) is 23.0 Å². The van der Waals surface area contributed by atoms with Crippen LogP contribution in [-0.4, -0.2) is 49.9 Å². The van der Waals surface area contributed by atoms with Crippen molar-refractivity contribution < 1.29 is 23.1 Å². The molecule has 0 spiro atoms. The number of rotatable bonds is 8. The molecule has 2 atom stereocenters. The number of nitrogens with one attached hydrogen (secondary N) is 1. The molecule has 34 heavy (non-hydrogen) atoms. The van der Waals surface area contributed by atoms with Crippen molar-refractivity contribution in [2.75, 3.05) is 14.1 Å². The minimum absolute atomic E-state index is 0.0362. The highest BCUT2D eigenvalue weighted by molar-refractivity contribution is 7.91. The van der Waals surface area contributed by atoms with E-state index in [1.54, 1.807) is 68.7 Å². The van der Waals surface area contributed by atoms with Crippen molar-refractivity contribution >= 4 is 44.8 Å². The molecule has 0 bridgehead atoms. The van der Waals surface area contributed by atoms with Gasteiger partial charge < -0.3 is 10.0 Å². The van der Waals surface area contributed by atoms with E-state index in [1.165, 1.54) is 11.0 Å². The number of hydrogen-bond donors (Lipinski definition) is 2. The molecule has 2 aromatic carbocycles. The van der Waals surface area contributed by atoms with Crippen molar-refractivity contribution in [3.8, 4) is 10.4 Å². The van der Waals surface area contributed by atoms with Crippen LogP contribution >= 0.6 is 22.9 Å². The summed E-state index contributed by atoms with van der Waals surface area (Å²) in [5.74, 6) is -1.84. The lowest BCUT2D eigenvalue weighted by atomic mass is 10.0. The second-order valence-electron chi connectivity index (χ2n) is 8.47. The highest BCUT2D eigenvalue weighted by atomic mass is 35.5. The van der Waals surface area contributed by atoms with Crippen LogP contribution in [0.25, 0.3) is 10.4 Å². The van der Waals surface area contributed by atoms with Crippen LogP contribution < -0.4 is 4.72 Å². The van der Waals surface area contributed by atoms with Crippen molar-refractivity contribution in [1.29, 1.82) is 0 Å². The molecule has 1 aliphatic rings. The van der Waals surface area contributed by atoms with Gasteiger partial charge >= 0.3 is 5.97 Å². The van der Waals surface area contributed by atoms with E-state index in [0.717, 1.165) is 27.3 Å². The first-order valence-electron chi connectivity index (χ1n) is 10.4. The number of carboxylic acids is 1. The van der Waals surface area contributed by atoms with E-state index < -0.39 is 27.4 Å². The number of carbonyl (C=O) groups excluding carboxylic acids is 1. The van der Waals surface area contributed by atoms with Crippen molar-refractivity contribution in [2.45, 2.75) is 28.5 Å². The average Bonchev–Trinajstić information content (AvgIpc) is 3.27. The van der Waals surface area contributed by atoms with E-state index >= 15 is 0 Å². The van der Waals surface area contributed by atoms with Gasteiger partial charge in [-0.1, -0.05) is 48.0 Å². The Hall–Kier alpha value is -2.72. The van der Waals surface area contributed by atoms with Gasteiger partial charge in [0, 0.05) is 29.9 Å². The van der Waals surface area contributed by atoms with Gasteiger partial charge in [-0.25, -0.2) is 8.42 Å². The van der Waals surface area contributed by atoms with Gasteiger partial charge in [0.1, 0.15) is 9.75 Å². The van der Waals surface area contributed by atoms with Crippen molar-refractivity contribution in [3.05, 3.63) is 76.8 Å². The van der Waals surface area contributed by atoms with Crippen LogP contribution in [0.2, 0.25) is 5.02 Å². The third-order valence-corrected chi connectivity index (χ3v) is 9.23. The molecule has 1 aromatic heterocycles. The molecule has 1 heterocycles. The Bertz CT molecular complexity index is 1350. The molecule has 0 unspecified atom stereocenters. The predicted molar refractivity (Wildman–Crippen MR) is 132 cm³/mol. The second kappa shape index (κ2) is 9.14. The summed E-state index contributed by atoms with van der Waals surface area (Å²) in [6, 6.07) is 17.3. The Morgan fingerprint density at radius 1 is 1.15 bits per heavy atom. The summed E-state index contributed by atoms with van der Waals surface area (Å²) in [6.07, 6.45) is 0.310. The van der Waals surface area contributed by atoms with Gasteiger partial charge in [-0.2, -0.15) is 4.72 Å². The molecule has 178 valence electrons. The average molecular weight is 519 g/mol. The van der Waals surface area contributed by atoms with E-state index in [9.17, 15) is 23.1 Å². The minimum atomic E-state index is -4.08. The first kappa shape index (κ1) is 24.4. The van der Waals surface area contributed by atoms with E-state index in [1.807, 2.05) is 0 Å². The van der Waals surface area contributed by atoms with Gasteiger partial charge in [-0.05, 0) is 47.4 Å². The maximum absolute atomic E-state index is 13.1. The van der Waals surface area contributed by atoms with Gasteiger partial charge in [0.15, 0.2) is 0 Å². The van der Waals surface area contributed by atoms with Crippen LogP contribution in [-0.2, 0) is 26.0 Å². The number of sulfonamides is 1. The first-order valence-corrected chi connectivity index (χ1v) is 13.1. The number of carboxylic acid groups (broad SMARTS) is 1. The highest BCUT2D eigenvalue weighted by Crippen LogP contribution is 2.52. The lowest BCUT2D eigenvalue weighted by molar-refractivity contribution is -0.140. The summed E-state index contributed by atoms with van der Waals surface area (Å²) in [4.78, 5) is 26.4. The van der Waals surface area contributed by atoms with Gasteiger partial charge in [0.05, 0.1) is 6.42 Å². The Morgan fingerprint density at radius 2 is 1.85 bits per heavy atom. The molecular formula is C24H23ClN2O5S2. The molecule has 0 radical (unpaired) electrons. The zero-order valence-electron chi connectivity index (χ0n) is 18.5. The standard InChI is InChI=1S/C24H23ClN2O5S2/c1-27(2)21(28)13-15-4-3-5-17(12-15)19-14-24(19,23(29)30)26-34(31,32)22-11-10-20(33-22)16-6-8-18(25)9-7-16/h3-12,19,26H,13-14H2,1-2H3,(H,29,30)/t19-,24+/m0/s1. The van der Waals surface area contributed by atoms with Gasteiger partial charge in [0.25, 0.3) is 10.0 Å². The number of hydrogen-bond acceptors (Lipinski definition) is 5. The van der Waals surface area contributed by atoms with E-state index in [0.29, 0.717) is 10.6 Å². The first-order chi connectivity index (χ1) is 16.0. The predicted octanol–water partition coefficient (Wildman–Crippen LogP) is 3.99. The van der Waals surface area contributed by atoms with E-state index in [2.05, 4.69) is 4.72 Å².